The molecule has 1 saturated heterocycles. The van der Waals surface area contributed by atoms with Gasteiger partial charge < -0.3 is 25.2 Å². The van der Waals surface area contributed by atoms with Crippen LogP contribution in [0.25, 0.3) is 0 Å². The van der Waals surface area contributed by atoms with Crippen molar-refractivity contribution in [3.8, 4) is 0 Å². The summed E-state index contributed by atoms with van der Waals surface area (Å²) in [6.07, 6.45) is 1.64. The maximum Gasteiger partial charge on any atom is 0.322 e. The molecule has 2 atom stereocenters. The SMILES string of the molecule is COC1CC(C(=O)Nc2cc3c(cc2F)CCN(C)CC3)N(C(=O)Nc2ccc(Br)cc2)C1. The molecule has 2 aromatic rings. The molecule has 3 amide bonds. The molecular weight excluding hydrogens is 491 g/mol. The van der Waals surface area contributed by atoms with Crippen molar-refractivity contribution >= 4 is 39.2 Å². The number of amides is 3. The average Bonchev–Trinajstić information content (AvgIpc) is 3.16. The van der Waals surface area contributed by atoms with Gasteiger partial charge in [-0.3, -0.25) is 4.79 Å². The molecule has 7 nitrogen and oxygen atoms in total. The largest absolute Gasteiger partial charge is 0.380 e. The van der Waals surface area contributed by atoms with E-state index in [9.17, 15) is 14.0 Å². The zero-order chi connectivity index (χ0) is 23.5. The molecule has 0 spiro atoms. The summed E-state index contributed by atoms with van der Waals surface area (Å²) in [5.41, 5.74) is 2.79. The Balaban J connectivity index is 1.50. The molecule has 0 aromatic heterocycles. The first-order chi connectivity index (χ1) is 15.8. The molecule has 2 aliphatic heterocycles. The van der Waals surface area contributed by atoms with Gasteiger partial charge in [-0.1, -0.05) is 15.9 Å². The van der Waals surface area contributed by atoms with E-state index in [2.05, 4.69) is 31.5 Å². The van der Waals surface area contributed by atoms with Gasteiger partial charge in [-0.05, 0) is 67.4 Å². The van der Waals surface area contributed by atoms with Gasteiger partial charge in [0.1, 0.15) is 11.9 Å². The van der Waals surface area contributed by atoms with Crippen molar-refractivity contribution in [3.05, 3.63) is 57.8 Å². The fourth-order valence-electron chi connectivity index (χ4n) is 4.34. The summed E-state index contributed by atoms with van der Waals surface area (Å²) in [6.45, 7) is 2.03. The predicted octanol–water partition coefficient (Wildman–Crippen LogP) is 3.88. The number of methoxy groups -OCH3 is 1. The lowest BCUT2D eigenvalue weighted by molar-refractivity contribution is -0.119. The van der Waals surface area contributed by atoms with Crippen LogP contribution in [0.3, 0.4) is 0 Å². The van der Waals surface area contributed by atoms with Gasteiger partial charge in [0.25, 0.3) is 0 Å². The standard InChI is InChI=1S/C24H28BrFN4O3/c1-29-9-7-15-11-20(26)21(12-16(15)8-10-29)28-23(31)22-13-19(33-2)14-30(22)24(32)27-18-5-3-17(25)4-6-18/h3-6,11-12,19,22H,7-10,13-14H2,1-2H3,(H,27,32)(H,28,31). The van der Waals surface area contributed by atoms with Crippen molar-refractivity contribution in [2.75, 3.05) is 44.4 Å². The number of likely N-dealkylation sites (tertiary alicyclic amines) is 1. The van der Waals surface area contributed by atoms with Gasteiger partial charge >= 0.3 is 6.03 Å². The quantitative estimate of drug-likeness (QED) is 0.644. The molecule has 4 rings (SSSR count). The van der Waals surface area contributed by atoms with Crippen LogP contribution in [-0.2, 0) is 22.4 Å². The number of benzene rings is 2. The summed E-state index contributed by atoms with van der Waals surface area (Å²) >= 11 is 3.37. The highest BCUT2D eigenvalue weighted by Crippen LogP contribution is 2.27. The molecule has 0 aliphatic carbocycles. The second-order valence-corrected chi connectivity index (χ2v) is 9.51. The molecule has 176 valence electrons. The second-order valence-electron chi connectivity index (χ2n) is 8.59. The van der Waals surface area contributed by atoms with Crippen LogP contribution in [0, 0.1) is 5.82 Å². The third-order valence-corrected chi connectivity index (χ3v) is 6.86. The number of ether oxygens (including phenoxy) is 1. The number of nitrogens with zero attached hydrogens (tertiary/aromatic N) is 2. The Morgan fingerprint density at radius 3 is 2.42 bits per heavy atom. The predicted molar refractivity (Wildman–Crippen MR) is 129 cm³/mol. The molecule has 2 unspecified atom stereocenters. The van der Waals surface area contributed by atoms with Crippen molar-refractivity contribution in [3.63, 3.8) is 0 Å². The molecule has 0 bridgehead atoms. The molecule has 33 heavy (non-hydrogen) atoms. The third kappa shape index (κ3) is 5.54. The van der Waals surface area contributed by atoms with Gasteiger partial charge in [0.15, 0.2) is 0 Å². The lowest BCUT2D eigenvalue weighted by Crippen LogP contribution is -2.45. The smallest absolute Gasteiger partial charge is 0.322 e. The lowest BCUT2D eigenvalue weighted by atomic mass is 10.0. The first-order valence-corrected chi connectivity index (χ1v) is 11.8. The van der Waals surface area contributed by atoms with E-state index in [-0.39, 0.29) is 18.3 Å². The normalized spacial score (nSPS) is 20.8. The molecule has 0 radical (unpaired) electrons. The van der Waals surface area contributed by atoms with Gasteiger partial charge in [-0.2, -0.15) is 0 Å². The number of carbonyl (C=O) groups excluding carboxylic acids is 2. The van der Waals surface area contributed by atoms with Gasteiger partial charge in [0.2, 0.25) is 5.91 Å². The van der Waals surface area contributed by atoms with Crippen molar-refractivity contribution in [2.45, 2.75) is 31.4 Å². The molecule has 0 saturated carbocycles. The van der Waals surface area contributed by atoms with Crippen LogP contribution in [0.4, 0.5) is 20.6 Å². The van der Waals surface area contributed by atoms with E-state index in [4.69, 9.17) is 4.74 Å². The van der Waals surface area contributed by atoms with Crippen LogP contribution in [0.1, 0.15) is 17.5 Å². The highest BCUT2D eigenvalue weighted by molar-refractivity contribution is 9.10. The van der Waals surface area contributed by atoms with E-state index in [0.29, 0.717) is 12.1 Å². The van der Waals surface area contributed by atoms with E-state index in [1.54, 1.807) is 25.3 Å². The number of nitrogens with one attached hydrogen (secondary N) is 2. The topological polar surface area (TPSA) is 73.9 Å². The summed E-state index contributed by atoms with van der Waals surface area (Å²) in [5, 5.41) is 5.54. The number of anilines is 2. The lowest BCUT2D eigenvalue weighted by Gasteiger charge is -2.24. The zero-order valence-electron chi connectivity index (χ0n) is 18.7. The molecule has 2 heterocycles. The van der Waals surface area contributed by atoms with E-state index in [1.165, 1.54) is 11.0 Å². The van der Waals surface area contributed by atoms with E-state index >= 15 is 0 Å². The summed E-state index contributed by atoms with van der Waals surface area (Å²) in [5.74, 6) is -0.885. The van der Waals surface area contributed by atoms with Crippen LogP contribution < -0.4 is 10.6 Å². The van der Waals surface area contributed by atoms with Crippen LogP contribution >= 0.6 is 15.9 Å². The van der Waals surface area contributed by atoms with Gasteiger partial charge in [0, 0.05) is 43.3 Å². The van der Waals surface area contributed by atoms with Gasteiger partial charge in [0.05, 0.1) is 11.8 Å². The Bertz CT molecular complexity index is 1030. The van der Waals surface area contributed by atoms with Crippen LogP contribution in [0.15, 0.2) is 40.9 Å². The van der Waals surface area contributed by atoms with Crippen LogP contribution in [-0.4, -0.2) is 67.7 Å². The molecule has 1 fully saturated rings. The fourth-order valence-corrected chi connectivity index (χ4v) is 4.61. The van der Waals surface area contributed by atoms with Crippen LogP contribution in [0.5, 0.6) is 0 Å². The summed E-state index contributed by atoms with van der Waals surface area (Å²) in [4.78, 5) is 29.8. The molecule has 2 aliphatic rings. The number of rotatable bonds is 4. The summed E-state index contributed by atoms with van der Waals surface area (Å²) in [6, 6.07) is 9.26. The number of hydrogen-bond acceptors (Lipinski definition) is 4. The van der Waals surface area contributed by atoms with Crippen molar-refractivity contribution < 1.29 is 18.7 Å². The number of fused-ring (bicyclic) bond motifs is 1. The number of carbonyl (C=O) groups is 2. The Hall–Kier alpha value is -2.49. The van der Waals surface area contributed by atoms with Crippen molar-refractivity contribution in [2.24, 2.45) is 0 Å². The Labute approximate surface area is 201 Å². The molecule has 2 aromatic carbocycles. The Morgan fingerprint density at radius 2 is 1.76 bits per heavy atom. The summed E-state index contributed by atoms with van der Waals surface area (Å²) in [7, 11) is 3.60. The monoisotopic (exact) mass is 518 g/mol. The molecule has 2 N–H and O–H groups in total. The highest BCUT2D eigenvalue weighted by atomic mass is 79.9. The zero-order valence-corrected chi connectivity index (χ0v) is 20.3. The van der Waals surface area contributed by atoms with Crippen molar-refractivity contribution in [1.29, 1.82) is 0 Å². The second kappa shape index (κ2) is 10.2. The minimum atomic E-state index is -0.769. The minimum absolute atomic E-state index is 0.150. The Morgan fingerprint density at radius 1 is 1.09 bits per heavy atom. The van der Waals surface area contributed by atoms with Gasteiger partial charge in [-0.25, -0.2) is 9.18 Å². The maximum atomic E-state index is 14.8. The molecule has 9 heteroatoms. The third-order valence-electron chi connectivity index (χ3n) is 6.33. The number of urea groups is 1. The van der Waals surface area contributed by atoms with E-state index in [0.717, 1.165) is 41.5 Å². The maximum absolute atomic E-state index is 14.8. The number of hydrogen-bond donors (Lipinski definition) is 2. The minimum Gasteiger partial charge on any atom is -0.380 e. The van der Waals surface area contributed by atoms with E-state index in [1.807, 2.05) is 19.2 Å². The molecular formula is C24H28BrFN4O3. The number of likely N-dealkylation sites (N-methyl/N-ethyl adjacent to an activating group) is 1. The Kier molecular flexibility index (Phi) is 7.31. The van der Waals surface area contributed by atoms with Crippen LogP contribution in [0.2, 0.25) is 0 Å². The van der Waals surface area contributed by atoms with Crippen molar-refractivity contribution in [1.82, 2.24) is 9.80 Å². The first-order valence-electron chi connectivity index (χ1n) is 11.0. The van der Waals surface area contributed by atoms with E-state index < -0.39 is 23.8 Å². The highest BCUT2D eigenvalue weighted by Gasteiger charge is 2.40. The van der Waals surface area contributed by atoms with Gasteiger partial charge in [-0.15, -0.1) is 0 Å². The average molecular weight is 519 g/mol. The first kappa shape index (κ1) is 23.7. The fraction of sp³-hybridized carbons (Fsp3) is 0.417. The summed E-state index contributed by atoms with van der Waals surface area (Å²) < 4.78 is 21.1. The number of halogens is 2.